The Morgan fingerprint density at radius 1 is 0.455 bits per heavy atom. The highest BCUT2D eigenvalue weighted by Gasteiger charge is 2.25. The quantitative estimate of drug-likeness (QED) is 0.0554. The number of nitrogens with one attached hydrogen (secondary N) is 6. The zero-order valence-electron chi connectivity index (χ0n) is 48.2. The second kappa shape index (κ2) is 26.0. The maximum atomic E-state index is 13.4. The third-order valence-electron chi connectivity index (χ3n) is 15.2. The standard InChI is InChI=1S/C24H22N6O2.C21H15FN6.C21H23N7/c1-31-16-10-15(11-17(12-16)32-2)5-9-27-24-28-13-20-18-6-8-25-14-21(18)29-23-19(22(20)30-24)4-3-7-26-23;22-14-4-1-3-13(9-14)10-25-21-26-11-17-15-6-8-23-12-18(15)27-20-16(19(17)28-21)5-2-7-24-20;1-2-11-28(10-1)12-4-8-24-21-25-13-17-15-6-9-22-14-18(15)26-20-16(19(17)27-21)5-3-7-23-20/h3-4,6-8,10-14H,5,9H2,1-2H3,(H,26,29)(H,27,28,30);1-9,11-12H,10H2,(H,24,27)(H,25,26,28);3,5-7,9,13-14H,1-2,4,8,10-12H2,(H,23,26)(H,24,25,27). The molecule has 0 atom stereocenters. The van der Waals surface area contributed by atoms with Crippen LogP contribution in [0, 0.1) is 5.82 Å². The highest BCUT2D eigenvalue weighted by molar-refractivity contribution is 5.98. The van der Waals surface area contributed by atoms with Gasteiger partial charge in [-0.05, 0) is 135 Å². The zero-order chi connectivity index (χ0) is 59.6. The second-order valence-corrected chi connectivity index (χ2v) is 20.9. The summed E-state index contributed by atoms with van der Waals surface area (Å²) < 4.78 is 24.1. The van der Waals surface area contributed by atoms with E-state index in [-0.39, 0.29) is 5.82 Å². The van der Waals surface area contributed by atoms with E-state index in [4.69, 9.17) is 24.4 Å². The minimum atomic E-state index is -0.265. The smallest absolute Gasteiger partial charge is 0.223 e. The van der Waals surface area contributed by atoms with Crippen LogP contribution in [0.2, 0.25) is 0 Å². The Bertz CT molecular complexity index is 4280. The summed E-state index contributed by atoms with van der Waals surface area (Å²) in [4.78, 5) is 56.7. The minimum Gasteiger partial charge on any atom is -0.497 e. The summed E-state index contributed by atoms with van der Waals surface area (Å²) >= 11 is 0. The van der Waals surface area contributed by atoms with Crippen molar-refractivity contribution >= 4 is 52.4 Å². The van der Waals surface area contributed by atoms with Crippen molar-refractivity contribution in [3.05, 3.63) is 188 Å². The van der Waals surface area contributed by atoms with Crippen molar-refractivity contribution in [1.82, 2.24) is 64.7 Å². The Morgan fingerprint density at radius 3 is 1.39 bits per heavy atom. The molecule has 13 heterocycles. The van der Waals surface area contributed by atoms with E-state index in [0.29, 0.717) is 36.8 Å². The van der Waals surface area contributed by atoms with E-state index in [9.17, 15) is 4.39 Å². The average molecular weight is 1170 g/mol. The van der Waals surface area contributed by atoms with Crippen LogP contribution in [0.4, 0.5) is 56.8 Å². The lowest BCUT2D eigenvalue weighted by molar-refractivity contribution is 0.337. The number of hydrogen-bond donors (Lipinski definition) is 6. The van der Waals surface area contributed by atoms with E-state index in [1.807, 2.05) is 97.5 Å². The number of nitrogens with zero attached hydrogens (tertiary/aromatic N) is 13. The number of ether oxygens (including phenoxy) is 2. The van der Waals surface area contributed by atoms with Crippen LogP contribution >= 0.6 is 0 Å². The molecule has 2 aromatic carbocycles. The third-order valence-corrected chi connectivity index (χ3v) is 15.2. The van der Waals surface area contributed by atoms with Gasteiger partial charge in [-0.25, -0.2) is 49.2 Å². The van der Waals surface area contributed by atoms with Gasteiger partial charge in [0.15, 0.2) is 0 Å². The van der Waals surface area contributed by atoms with Crippen LogP contribution in [-0.2, 0) is 13.0 Å². The Morgan fingerprint density at radius 2 is 0.920 bits per heavy atom. The minimum absolute atomic E-state index is 0.265. The molecule has 9 aromatic heterocycles. The number of methoxy groups -OCH3 is 2. The van der Waals surface area contributed by atoms with Crippen molar-refractivity contribution in [1.29, 1.82) is 0 Å². The molecule has 0 spiro atoms. The largest absolute Gasteiger partial charge is 0.497 e. The van der Waals surface area contributed by atoms with Gasteiger partial charge in [-0.2, -0.15) is 0 Å². The number of fused-ring (bicyclic) bond motifs is 15. The Kier molecular flexibility index (Phi) is 16.6. The number of halogens is 1. The molecule has 88 heavy (non-hydrogen) atoms. The molecule has 0 aliphatic carbocycles. The third kappa shape index (κ3) is 12.5. The van der Waals surface area contributed by atoms with Gasteiger partial charge in [-0.15, -0.1) is 0 Å². The molecule has 438 valence electrons. The van der Waals surface area contributed by atoms with Crippen LogP contribution in [0.5, 0.6) is 11.5 Å². The van der Waals surface area contributed by atoms with Gasteiger partial charge in [0, 0.05) is 132 Å². The lowest BCUT2D eigenvalue weighted by Gasteiger charge is -2.15. The first-order valence-corrected chi connectivity index (χ1v) is 28.9. The number of benzene rings is 2. The summed E-state index contributed by atoms with van der Waals surface area (Å²) in [5.74, 6) is 5.20. The highest BCUT2D eigenvalue weighted by atomic mass is 19.1. The molecular weight excluding hydrogens is 1110 g/mol. The first kappa shape index (κ1) is 56.0. The van der Waals surface area contributed by atoms with Gasteiger partial charge in [0.1, 0.15) is 34.8 Å². The van der Waals surface area contributed by atoms with Gasteiger partial charge >= 0.3 is 0 Å². The Hall–Kier alpha value is -11.1. The number of likely N-dealkylation sites (tertiary alicyclic amines) is 1. The van der Waals surface area contributed by atoms with E-state index in [1.165, 1.54) is 38.1 Å². The number of anilines is 9. The molecule has 0 radical (unpaired) electrons. The molecule has 4 aliphatic rings. The van der Waals surface area contributed by atoms with Gasteiger partial charge in [0.2, 0.25) is 17.8 Å². The normalized spacial score (nSPS) is 12.6. The summed E-state index contributed by atoms with van der Waals surface area (Å²) in [5, 5.41) is 20.0. The van der Waals surface area contributed by atoms with E-state index in [0.717, 1.165) is 144 Å². The number of aromatic nitrogens is 12. The van der Waals surface area contributed by atoms with E-state index in [2.05, 4.69) is 81.7 Å². The van der Waals surface area contributed by atoms with Gasteiger partial charge in [0.25, 0.3) is 0 Å². The molecule has 15 rings (SSSR count). The van der Waals surface area contributed by atoms with Crippen molar-refractivity contribution in [2.24, 2.45) is 0 Å². The average Bonchev–Trinajstić information content (AvgIpc) is 1.95. The van der Waals surface area contributed by atoms with E-state index < -0.39 is 0 Å². The zero-order valence-corrected chi connectivity index (χ0v) is 48.2. The first-order valence-electron chi connectivity index (χ1n) is 28.9. The highest BCUT2D eigenvalue weighted by Crippen LogP contribution is 2.45. The van der Waals surface area contributed by atoms with Crippen LogP contribution in [-0.4, -0.2) is 112 Å². The summed E-state index contributed by atoms with van der Waals surface area (Å²) in [7, 11) is 3.30. The summed E-state index contributed by atoms with van der Waals surface area (Å²) in [5.41, 5.74) is 15.6. The molecule has 11 aromatic rings. The van der Waals surface area contributed by atoms with Crippen LogP contribution in [0.1, 0.15) is 30.4 Å². The van der Waals surface area contributed by atoms with Crippen LogP contribution in [0.15, 0.2) is 171 Å². The summed E-state index contributed by atoms with van der Waals surface area (Å²) in [6.07, 6.45) is 26.0. The van der Waals surface area contributed by atoms with Crippen LogP contribution in [0.3, 0.4) is 0 Å². The molecular formula is C66H60FN19O2. The maximum Gasteiger partial charge on any atom is 0.223 e. The van der Waals surface area contributed by atoms with Crippen molar-refractivity contribution < 1.29 is 13.9 Å². The molecule has 1 fully saturated rings. The predicted molar refractivity (Wildman–Crippen MR) is 340 cm³/mol. The van der Waals surface area contributed by atoms with Gasteiger partial charge in [0.05, 0.1) is 67.0 Å². The molecule has 0 amide bonds. The Labute approximate surface area is 506 Å². The van der Waals surface area contributed by atoms with E-state index in [1.54, 1.807) is 76.1 Å². The fraction of sp³-hybridized carbons (Fsp3) is 0.182. The lowest BCUT2D eigenvalue weighted by atomic mass is 10.0. The van der Waals surface area contributed by atoms with Gasteiger partial charge < -0.3 is 46.3 Å². The van der Waals surface area contributed by atoms with Crippen molar-refractivity contribution in [2.75, 3.05) is 78.8 Å². The van der Waals surface area contributed by atoms with Crippen molar-refractivity contribution in [2.45, 2.75) is 32.2 Å². The van der Waals surface area contributed by atoms with Crippen molar-refractivity contribution in [3.8, 4) is 78.7 Å². The van der Waals surface area contributed by atoms with Gasteiger partial charge in [-0.3, -0.25) is 15.0 Å². The topological polar surface area (TPSA) is 249 Å². The molecule has 22 heteroatoms. The molecule has 6 N–H and O–H groups in total. The number of rotatable bonds is 14. The SMILES string of the molecule is COc1cc(CCNc2ncc3c(n2)-c2cccnc2Nc2cnccc2-3)cc(OC)c1.Fc1cccc(CNc2ncc3c(n2)-c2cccnc2Nc2cnccc2-3)c1.c1cnc2c(c1)-c1nc(NCCCN3CCCC3)ncc1-c1ccncc1N2. The molecule has 0 bridgehead atoms. The number of hydrogen-bond acceptors (Lipinski definition) is 21. The fourth-order valence-corrected chi connectivity index (χ4v) is 10.9. The van der Waals surface area contributed by atoms with Crippen molar-refractivity contribution in [3.63, 3.8) is 0 Å². The predicted octanol–water partition coefficient (Wildman–Crippen LogP) is 12.3. The molecule has 4 aliphatic heterocycles. The number of pyridine rings is 6. The summed E-state index contributed by atoms with van der Waals surface area (Å²) in [6.45, 7) is 5.56. The first-order chi connectivity index (χ1) is 43.4. The lowest BCUT2D eigenvalue weighted by Crippen LogP contribution is -2.22. The van der Waals surface area contributed by atoms with E-state index >= 15 is 0 Å². The van der Waals surface area contributed by atoms with Crippen LogP contribution in [0.25, 0.3) is 67.2 Å². The molecule has 0 saturated carbocycles. The molecule has 21 nitrogen and oxygen atoms in total. The maximum absolute atomic E-state index is 13.4. The summed E-state index contributed by atoms with van der Waals surface area (Å²) in [6, 6.07) is 29.9. The van der Waals surface area contributed by atoms with Gasteiger partial charge in [-0.1, -0.05) is 12.1 Å². The monoisotopic (exact) mass is 1170 g/mol. The molecule has 0 unspecified atom stereocenters. The van der Waals surface area contributed by atoms with Crippen LogP contribution < -0.4 is 41.4 Å². The molecule has 1 saturated heterocycles. The Balaban J connectivity index is 0.000000122. The fourth-order valence-electron chi connectivity index (χ4n) is 10.9. The second-order valence-electron chi connectivity index (χ2n) is 20.9.